The molecule has 0 atom stereocenters. The summed E-state index contributed by atoms with van der Waals surface area (Å²) in [5.74, 6) is -0.903. The molecule has 18 heavy (non-hydrogen) atoms. The van der Waals surface area contributed by atoms with E-state index < -0.39 is 5.97 Å². The molecule has 1 aromatic carbocycles. The van der Waals surface area contributed by atoms with Gasteiger partial charge >= 0.3 is 5.97 Å². The maximum absolute atomic E-state index is 11.4. The van der Waals surface area contributed by atoms with E-state index >= 15 is 0 Å². The Morgan fingerprint density at radius 3 is 2.61 bits per heavy atom. The lowest BCUT2D eigenvalue weighted by Crippen LogP contribution is -2.07. The van der Waals surface area contributed by atoms with Crippen LogP contribution in [-0.2, 0) is 27.3 Å². The molecule has 0 saturated carbocycles. The second kappa shape index (κ2) is 8.60. The third kappa shape index (κ3) is 5.75. The number of hydrogen-bond donors (Lipinski definition) is 1. The van der Waals surface area contributed by atoms with Crippen LogP contribution < -0.4 is 5.73 Å². The summed E-state index contributed by atoms with van der Waals surface area (Å²) < 4.78 is 16.6. The minimum absolute atomic E-state index is 0.0658. The van der Waals surface area contributed by atoms with Crippen LogP contribution in [0, 0.1) is 0 Å². The highest BCUT2D eigenvalue weighted by atomic mass is 19.3. The van der Waals surface area contributed by atoms with Gasteiger partial charge in [0.15, 0.2) is 0 Å². The standard InChI is InChI=1S/C13H18FNO3/c14-18-13(16)6-9-17-8-5-12-3-1-2-11(10-12)4-7-15/h1-3,10H,4-9,15H2. The minimum atomic E-state index is -0.903. The maximum atomic E-state index is 11.4. The number of rotatable bonds is 8. The van der Waals surface area contributed by atoms with Gasteiger partial charge in [-0.1, -0.05) is 24.3 Å². The topological polar surface area (TPSA) is 61.5 Å². The number of halogens is 1. The fourth-order valence-electron chi connectivity index (χ4n) is 1.59. The molecular formula is C13H18FNO3. The largest absolute Gasteiger partial charge is 0.381 e. The summed E-state index contributed by atoms with van der Waals surface area (Å²) in [6.45, 7) is 1.29. The molecule has 0 amide bonds. The van der Waals surface area contributed by atoms with Gasteiger partial charge in [-0.3, -0.25) is 4.94 Å². The van der Waals surface area contributed by atoms with Gasteiger partial charge < -0.3 is 10.5 Å². The minimum Gasteiger partial charge on any atom is -0.381 e. The fourth-order valence-corrected chi connectivity index (χ4v) is 1.59. The molecule has 0 heterocycles. The van der Waals surface area contributed by atoms with Crippen molar-refractivity contribution in [1.82, 2.24) is 0 Å². The Morgan fingerprint density at radius 2 is 1.94 bits per heavy atom. The van der Waals surface area contributed by atoms with Crippen LogP contribution in [0.3, 0.4) is 0 Å². The molecule has 0 saturated heterocycles. The number of carbonyl (C=O) groups is 1. The molecule has 0 radical (unpaired) electrons. The average Bonchev–Trinajstić information content (AvgIpc) is 2.39. The van der Waals surface area contributed by atoms with Crippen molar-refractivity contribution in [2.45, 2.75) is 19.3 Å². The molecule has 2 N–H and O–H groups in total. The molecule has 5 heteroatoms. The quantitative estimate of drug-likeness (QED) is 0.716. The number of benzene rings is 1. The molecule has 100 valence electrons. The summed E-state index contributed by atoms with van der Waals surface area (Å²) in [6, 6.07) is 8.13. The predicted octanol–water partition coefficient (Wildman–Crippen LogP) is 1.56. The molecule has 0 aromatic heterocycles. The molecule has 0 spiro atoms. The Kier molecular flexibility index (Phi) is 6.98. The van der Waals surface area contributed by atoms with Gasteiger partial charge in [0.25, 0.3) is 0 Å². The second-order valence-corrected chi connectivity index (χ2v) is 3.92. The van der Waals surface area contributed by atoms with Crippen LogP contribution in [-0.4, -0.2) is 25.7 Å². The van der Waals surface area contributed by atoms with Crippen molar-refractivity contribution in [3.63, 3.8) is 0 Å². The van der Waals surface area contributed by atoms with Crippen LogP contribution in [0.5, 0.6) is 0 Å². The highest BCUT2D eigenvalue weighted by Gasteiger charge is 2.02. The first kappa shape index (κ1) is 14.6. The van der Waals surface area contributed by atoms with E-state index in [2.05, 4.69) is 11.0 Å². The highest BCUT2D eigenvalue weighted by Crippen LogP contribution is 2.06. The van der Waals surface area contributed by atoms with Gasteiger partial charge in [-0.2, -0.15) is 0 Å². The lowest BCUT2D eigenvalue weighted by molar-refractivity contribution is -0.184. The normalized spacial score (nSPS) is 10.3. The van der Waals surface area contributed by atoms with E-state index in [1.54, 1.807) is 0 Å². The summed E-state index contributed by atoms with van der Waals surface area (Å²) in [5.41, 5.74) is 7.86. The third-order valence-electron chi connectivity index (χ3n) is 2.50. The van der Waals surface area contributed by atoms with Crippen molar-refractivity contribution >= 4 is 5.97 Å². The second-order valence-electron chi connectivity index (χ2n) is 3.92. The van der Waals surface area contributed by atoms with Crippen LogP contribution in [0.25, 0.3) is 0 Å². The zero-order chi connectivity index (χ0) is 13.2. The summed E-state index contributed by atoms with van der Waals surface area (Å²) in [6.07, 6.45) is 1.55. The van der Waals surface area contributed by atoms with Gasteiger partial charge in [-0.05, 0) is 30.5 Å². The lowest BCUT2D eigenvalue weighted by atomic mass is 10.1. The van der Waals surface area contributed by atoms with Crippen LogP contribution in [0.4, 0.5) is 4.53 Å². The molecular weight excluding hydrogens is 237 g/mol. The first-order valence-electron chi connectivity index (χ1n) is 5.93. The summed E-state index contributed by atoms with van der Waals surface area (Å²) in [5, 5.41) is 0. The van der Waals surface area contributed by atoms with Crippen molar-refractivity contribution in [3.05, 3.63) is 35.4 Å². The van der Waals surface area contributed by atoms with Crippen molar-refractivity contribution < 1.29 is 19.0 Å². The first-order valence-corrected chi connectivity index (χ1v) is 5.93. The van der Waals surface area contributed by atoms with Crippen molar-refractivity contribution in [2.24, 2.45) is 5.73 Å². The number of carbonyl (C=O) groups excluding carboxylic acids is 1. The molecule has 4 nitrogen and oxygen atoms in total. The average molecular weight is 255 g/mol. The Balaban J connectivity index is 2.22. The number of hydrogen-bond acceptors (Lipinski definition) is 4. The van der Waals surface area contributed by atoms with Gasteiger partial charge in [-0.25, -0.2) is 4.79 Å². The van der Waals surface area contributed by atoms with Crippen LogP contribution in [0.2, 0.25) is 0 Å². The molecule has 0 unspecified atom stereocenters. The van der Waals surface area contributed by atoms with Crippen LogP contribution in [0.15, 0.2) is 24.3 Å². The molecule has 0 bridgehead atoms. The first-order chi connectivity index (χ1) is 8.76. The number of nitrogens with two attached hydrogens (primary N) is 1. The number of ether oxygens (including phenoxy) is 1. The van der Waals surface area contributed by atoms with Gasteiger partial charge in [0.1, 0.15) is 0 Å². The summed E-state index contributed by atoms with van der Waals surface area (Å²) in [4.78, 5) is 13.5. The zero-order valence-corrected chi connectivity index (χ0v) is 10.2. The molecule has 1 aromatic rings. The van der Waals surface area contributed by atoms with E-state index in [9.17, 15) is 9.32 Å². The Morgan fingerprint density at radius 1 is 1.22 bits per heavy atom. The van der Waals surface area contributed by atoms with E-state index in [0.29, 0.717) is 13.2 Å². The Bertz CT molecular complexity index is 371. The van der Waals surface area contributed by atoms with E-state index in [1.807, 2.05) is 18.2 Å². The van der Waals surface area contributed by atoms with Gasteiger partial charge in [0.2, 0.25) is 0 Å². The van der Waals surface area contributed by atoms with Crippen molar-refractivity contribution in [3.8, 4) is 0 Å². The van der Waals surface area contributed by atoms with Gasteiger partial charge in [0, 0.05) is 4.53 Å². The molecule has 0 aliphatic heterocycles. The molecule has 0 fully saturated rings. The smallest absolute Gasteiger partial charge is 0.351 e. The van der Waals surface area contributed by atoms with Crippen LogP contribution in [0.1, 0.15) is 17.5 Å². The van der Waals surface area contributed by atoms with Gasteiger partial charge in [0.05, 0.1) is 19.6 Å². The monoisotopic (exact) mass is 255 g/mol. The maximum Gasteiger partial charge on any atom is 0.351 e. The molecule has 0 aliphatic carbocycles. The lowest BCUT2D eigenvalue weighted by Gasteiger charge is -2.05. The van der Waals surface area contributed by atoms with Gasteiger partial charge in [-0.15, -0.1) is 0 Å². The Hall–Kier alpha value is -1.46. The SMILES string of the molecule is NCCc1cccc(CCOCCC(=O)OF)c1. The van der Waals surface area contributed by atoms with E-state index in [-0.39, 0.29) is 13.0 Å². The highest BCUT2D eigenvalue weighted by molar-refractivity contribution is 5.68. The molecule has 0 aliphatic rings. The Labute approximate surface area is 106 Å². The summed E-state index contributed by atoms with van der Waals surface area (Å²) in [7, 11) is 0. The molecule has 1 rings (SSSR count). The predicted molar refractivity (Wildman–Crippen MR) is 65.5 cm³/mol. The fraction of sp³-hybridized carbons (Fsp3) is 0.462. The zero-order valence-electron chi connectivity index (χ0n) is 10.2. The van der Waals surface area contributed by atoms with E-state index in [4.69, 9.17) is 10.5 Å². The van der Waals surface area contributed by atoms with Crippen molar-refractivity contribution in [1.29, 1.82) is 0 Å². The van der Waals surface area contributed by atoms with Crippen LogP contribution >= 0.6 is 0 Å². The van der Waals surface area contributed by atoms with E-state index in [1.165, 1.54) is 5.56 Å². The van der Waals surface area contributed by atoms with Crippen molar-refractivity contribution in [2.75, 3.05) is 19.8 Å². The van der Waals surface area contributed by atoms with E-state index in [0.717, 1.165) is 18.4 Å². The third-order valence-corrected chi connectivity index (χ3v) is 2.50. The summed E-state index contributed by atoms with van der Waals surface area (Å²) >= 11 is 0.